The lowest BCUT2D eigenvalue weighted by Gasteiger charge is -1.90. The van der Waals surface area contributed by atoms with Gasteiger partial charge in [-0.3, -0.25) is 0 Å². The highest BCUT2D eigenvalue weighted by molar-refractivity contribution is 5.80. The van der Waals surface area contributed by atoms with E-state index in [4.69, 9.17) is 5.11 Å². The van der Waals surface area contributed by atoms with Gasteiger partial charge >= 0.3 is 0 Å². The highest BCUT2D eigenvalue weighted by Crippen LogP contribution is 2.16. The van der Waals surface area contributed by atoms with Gasteiger partial charge in [-0.15, -0.1) is 0 Å². The number of aromatic nitrogens is 1. The minimum Gasteiger partial charge on any atom is -0.390 e. The molecule has 0 aliphatic heterocycles. The van der Waals surface area contributed by atoms with E-state index < -0.39 is 0 Å². The zero-order chi connectivity index (χ0) is 8.55. The van der Waals surface area contributed by atoms with E-state index in [0.717, 1.165) is 16.6 Å². The van der Waals surface area contributed by atoms with Crippen LogP contribution in [0.5, 0.6) is 0 Å². The van der Waals surface area contributed by atoms with E-state index in [1.54, 1.807) is 0 Å². The molecule has 0 unspecified atom stereocenters. The summed E-state index contributed by atoms with van der Waals surface area (Å²) in [5, 5.41) is 10.0. The molecular weight excluding hydrogens is 150 g/mol. The molecule has 2 heteroatoms. The van der Waals surface area contributed by atoms with Crippen LogP contribution in [0.4, 0.5) is 0 Å². The van der Waals surface area contributed by atoms with Crippen molar-refractivity contribution in [3.63, 3.8) is 0 Å². The van der Waals surface area contributed by atoms with Gasteiger partial charge in [-0.25, -0.2) is 0 Å². The van der Waals surface area contributed by atoms with Crippen molar-refractivity contribution >= 4 is 10.9 Å². The monoisotopic (exact) mass is 161 g/mol. The summed E-state index contributed by atoms with van der Waals surface area (Å²) in [7, 11) is 0. The number of aliphatic hydroxyl groups is 1. The van der Waals surface area contributed by atoms with Gasteiger partial charge in [0.15, 0.2) is 0 Å². The Morgan fingerprint density at radius 1 is 1.33 bits per heavy atom. The molecular formula is C10H11NO. The molecule has 0 atom stereocenters. The lowest BCUT2D eigenvalue weighted by Crippen LogP contribution is -1.79. The average Bonchev–Trinajstić information content (AvgIpc) is 2.46. The summed E-state index contributed by atoms with van der Waals surface area (Å²) in [6.45, 7) is 2.13. The van der Waals surface area contributed by atoms with Crippen LogP contribution in [0.25, 0.3) is 10.9 Å². The number of hydrogen-bond donors (Lipinski definition) is 2. The zero-order valence-corrected chi connectivity index (χ0v) is 6.96. The van der Waals surface area contributed by atoms with Crippen molar-refractivity contribution in [3.8, 4) is 0 Å². The van der Waals surface area contributed by atoms with Crippen molar-refractivity contribution in [3.05, 3.63) is 35.5 Å². The van der Waals surface area contributed by atoms with Crippen molar-refractivity contribution < 1.29 is 5.11 Å². The molecule has 0 spiro atoms. The summed E-state index contributed by atoms with van der Waals surface area (Å²) < 4.78 is 0. The second-order valence-corrected chi connectivity index (χ2v) is 3.04. The summed E-state index contributed by atoms with van der Waals surface area (Å²) in [4.78, 5) is 3.14. The number of rotatable bonds is 1. The van der Waals surface area contributed by atoms with E-state index in [9.17, 15) is 0 Å². The molecule has 0 fully saturated rings. The number of aliphatic hydroxyl groups excluding tert-OH is 1. The normalized spacial score (nSPS) is 10.8. The van der Waals surface area contributed by atoms with Crippen molar-refractivity contribution in [2.75, 3.05) is 0 Å². The van der Waals surface area contributed by atoms with Crippen LogP contribution in [-0.4, -0.2) is 10.1 Å². The third-order valence-electron chi connectivity index (χ3n) is 2.00. The Balaban J connectivity index is 2.67. The Morgan fingerprint density at radius 3 is 2.92 bits per heavy atom. The molecule has 2 rings (SSSR count). The average molecular weight is 161 g/mol. The molecule has 0 bridgehead atoms. The Morgan fingerprint density at radius 2 is 2.17 bits per heavy atom. The molecule has 1 heterocycles. The van der Waals surface area contributed by atoms with Crippen LogP contribution >= 0.6 is 0 Å². The second kappa shape index (κ2) is 2.64. The lowest BCUT2D eigenvalue weighted by molar-refractivity contribution is 0.278. The van der Waals surface area contributed by atoms with Crippen LogP contribution < -0.4 is 0 Å². The first-order valence-electron chi connectivity index (χ1n) is 3.99. The first kappa shape index (κ1) is 7.37. The van der Waals surface area contributed by atoms with E-state index in [0.29, 0.717) is 0 Å². The third-order valence-corrected chi connectivity index (χ3v) is 2.00. The fourth-order valence-electron chi connectivity index (χ4n) is 1.39. The number of fused-ring (bicyclic) bond motifs is 1. The Hall–Kier alpha value is -1.28. The van der Waals surface area contributed by atoms with Crippen LogP contribution in [0.3, 0.4) is 0 Å². The van der Waals surface area contributed by atoms with Gasteiger partial charge in [-0.2, -0.15) is 0 Å². The molecule has 0 saturated heterocycles. The first-order chi connectivity index (χ1) is 5.79. The summed E-state index contributed by atoms with van der Waals surface area (Å²) >= 11 is 0. The standard InChI is InChI=1S/C10H11NO/c1-7-2-3-8-5-9(6-12)11-10(8)4-7/h2-5,11-12H,6H2,1H3. The summed E-state index contributed by atoms with van der Waals surface area (Å²) in [6.07, 6.45) is 0. The number of benzene rings is 1. The van der Waals surface area contributed by atoms with Crippen molar-refractivity contribution in [2.45, 2.75) is 13.5 Å². The van der Waals surface area contributed by atoms with Crippen molar-refractivity contribution in [1.29, 1.82) is 0 Å². The number of aromatic amines is 1. The molecule has 0 amide bonds. The van der Waals surface area contributed by atoms with Crippen LogP contribution in [0, 0.1) is 6.92 Å². The molecule has 1 aromatic carbocycles. The van der Waals surface area contributed by atoms with Crippen LogP contribution in [0.2, 0.25) is 0 Å². The first-order valence-corrected chi connectivity index (χ1v) is 3.99. The highest BCUT2D eigenvalue weighted by atomic mass is 16.3. The van der Waals surface area contributed by atoms with Gasteiger partial charge in [0.1, 0.15) is 0 Å². The molecule has 0 aliphatic carbocycles. The van der Waals surface area contributed by atoms with Gasteiger partial charge in [-0.1, -0.05) is 12.1 Å². The lowest BCUT2D eigenvalue weighted by atomic mass is 10.2. The number of aryl methyl sites for hydroxylation is 1. The molecule has 0 radical (unpaired) electrons. The summed E-state index contributed by atoms with van der Waals surface area (Å²) in [5.74, 6) is 0. The highest BCUT2D eigenvalue weighted by Gasteiger charge is 1.98. The fraction of sp³-hybridized carbons (Fsp3) is 0.200. The van der Waals surface area contributed by atoms with Crippen LogP contribution in [0.15, 0.2) is 24.3 Å². The molecule has 1 aromatic heterocycles. The number of hydrogen-bond acceptors (Lipinski definition) is 1. The maximum atomic E-state index is 8.88. The van der Waals surface area contributed by atoms with E-state index >= 15 is 0 Å². The fourth-order valence-corrected chi connectivity index (χ4v) is 1.39. The van der Waals surface area contributed by atoms with Crippen LogP contribution in [0.1, 0.15) is 11.3 Å². The SMILES string of the molecule is Cc1ccc2cc(CO)[nH]c2c1. The maximum absolute atomic E-state index is 8.88. The molecule has 2 nitrogen and oxygen atoms in total. The van der Waals surface area contributed by atoms with Gasteiger partial charge in [-0.05, 0) is 30.0 Å². The predicted octanol–water partition coefficient (Wildman–Crippen LogP) is 1.97. The van der Waals surface area contributed by atoms with E-state index in [-0.39, 0.29) is 6.61 Å². The van der Waals surface area contributed by atoms with Gasteiger partial charge in [0, 0.05) is 11.2 Å². The number of nitrogens with one attached hydrogen (secondary N) is 1. The molecule has 2 N–H and O–H groups in total. The summed E-state index contributed by atoms with van der Waals surface area (Å²) in [6, 6.07) is 8.17. The van der Waals surface area contributed by atoms with E-state index in [2.05, 4.69) is 30.1 Å². The molecule has 0 saturated carbocycles. The maximum Gasteiger partial charge on any atom is 0.0831 e. The molecule has 0 aliphatic rings. The summed E-state index contributed by atoms with van der Waals surface area (Å²) in [5.41, 5.74) is 3.20. The van der Waals surface area contributed by atoms with Gasteiger partial charge < -0.3 is 10.1 Å². The second-order valence-electron chi connectivity index (χ2n) is 3.04. The molecule has 2 aromatic rings. The Bertz CT molecular complexity index is 403. The molecule has 62 valence electrons. The van der Waals surface area contributed by atoms with Gasteiger partial charge in [0.05, 0.1) is 6.61 Å². The third kappa shape index (κ3) is 1.10. The smallest absolute Gasteiger partial charge is 0.0831 e. The van der Waals surface area contributed by atoms with Crippen molar-refractivity contribution in [1.82, 2.24) is 4.98 Å². The van der Waals surface area contributed by atoms with Gasteiger partial charge in [0.2, 0.25) is 0 Å². The quantitative estimate of drug-likeness (QED) is 0.659. The number of H-pyrrole nitrogens is 1. The van der Waals surface area contributed by atoms with Crippen molar-refractivity contribution in [2.24, 2.45) is 0 Å². The molecule has 12 heavy (non-hydrogen) atoms. The van der Waals surface area contributed by atoms with E-state index in [1.165, 1.54) is 5.56 Å². The topological polar surface area (TPSA) is 36.0 Å². The minimum atomic E-state index is 0.0771. The Labute approximate surface area is 70.8 Å². The Kier molecular flexibility index (Phi) is 1.62. The largest absolute Gasteiger partial charge is 0.390 e. The zero-order valence-electron chi connectivity index (χ0n) is 6.96. The van der Waals surface area contributed by atoms with Gasteiger partial charge in [0.25, 0.3) is 0 Å². The predicted molar refractivity (Wildman–Crippen MR) is 49.0 cm³/mol. The van der Waals surface area contributed by atoms with E-state index in [1.807, 2.05) is 6.07 Å². The van der Waals surface area contributed by atoms with Crippen LogP contribution in [-0.2, 0) is 6.61 Å². The minimum absolute atomic E-state index is 0.0771.